The average Bonchev–Trinajstić information content (AvgIpc) is 2.93. The van der Waals surface area contributed by atoms with Crippen LogP contribution in [-0.4, -0.2) is 32.1 Å². The summed E-state index contributed by atoms with van der Waals surface area (Å²) in [6.07, 6.45) is 2.28. The largest absolute Gasteiger partial charge is 0.367 e. The van der Waals surface area contributed by atoms with Gasteiger partial charge in [-0.05, 0) is 37.4 Å². The zero-order valence-corrected chi connectivity index (χ0v) is 12.5. The van der Waals surface area contributed by atoms with Gasteiger partial charge >= 0.3 is 0 Å². The van der Waals surface area contributed by atoms with Crippen LogP contribution in [-0.2, 0) is 16.1 Å². The number of hydrogen-bond acceptors (Lipinski definition) is 3. The summed E-state index contributed by atoms with van der Waals surface area (Å²) in [5.74, 6) is 0.687. The van der Waals surface area contributed by atoms with E-state index in [4.69, 9.17) is 4.74 Å². The first-order valence-electron chi connectivity index (χ1n) is 6.93. The molecule has 1 aliphatic rings. The van der Waals surface area contributed by atoms with E-state index in [0.29, 0.717) is 12.5 Å². The van der Waals surface area contributed by atoms with E-state index in [1.54, 1.807) is 0 Å². The summed E-state index contributed by atoms with van der Waals surface area (Å²) in [6, 6.07) is 9.88. The molecule has 1 aromatic rings. The Hall–Kier alpha value is -1.10. The lowest BCUT2D eigenvalue weighted by molar-refractivity contribution is -0.126. The minimum absolute atomic E-state index is 0. The fraction of sp³-hybridized carbons (Fsp3) is 0.533. The van der Waals surface area contributed by atoms with E-state index in [0.717, 1.165) is 31.6 Å². The van der Waals surface area contributed by atoms with Gasteiger partial charge in [0.2, 0.25) is 5.91 Å². The smallest absolute Gasteiger partial charge is 0.246 e. The topological polar surface area (TPSA) is 50.4 Å². The zero-order valence-electron chi connectivity index (χ0n) is 11.6. The second-order valence-electron chi connectivity index (χ2n) is 4.98. The van der Waals surface area contributed by atoms with E-state index in [2.05, 4.69) is 10.6 Å². The normalized spacial score (nSPS) is 17.5. The lowest BCUT2D eigenvalue weighted by Gasteiger charge is -2.09. The number of rotatable bonds is 7. The van der Waals surface area contributed by atoms with Gasteiger partial charge in [-0.3, -0.25) is 4.79 Å². The van der Waals surface area contributed by atoms with E-state index < -0.39 is 0 Å². The van der Waals surface area contributed by atoms with Gasteiger partial charge in [0.05, 0.1) is 6.61 Å². The highest BCUT2D eigenvalue weighted by molar-refractivity contribution is 5.85. The van der Waals surface area contributed by atoms with Crippen molar-refractivity contribution in [2.75, 3.05) is 26.2 Å². The van der Waals surface area contributed by atoms with Gasteiger partial charge in [-0.1, -0.05) is 30.3 Å². The second kappa shape index (κ2) is 9.75. The second-order valence-corrected chi connectivity index (χ2v) is 4.98. The Labute approximate surface area is 126 Å². The Balaban J connectivity index is 0.00000200. The van der Waals surface area contributed by atoms with Crippen molar-refractivity contribution in [3.05, 3.63) is 35.9 Å². The van der Waals surface area contributed by atoms with Crippen molar-refractivity contribution < 1.29 is 9.53 Å². The van der Waals surface area contributed by atoms with Crippen molar-refractivity contribution in [3.63, 3.8) is 0 Å². The molecule has 1 saturated heterocycles. The molecule has 1 amide bonds. The molecule has 2 rings (SSSR count). The van der Waals surface area contributed by atoms with Crippen LogP contribution in [0.1, 0.15) is 18.4 Å². The van der Waals surface area contributed by atoms with Gasteiger partial charge in [0.1, 0.15) is 6.61 Å². The maximum absolute atomic E-state index is 11.6. The van der Waals surface area contributed by atoms with Crippen molar-refractivity contribution in [1.29, 1.82) is 0 Å². The number of hydrogen-bond donors (Lipinski definition) is 2. The first-order chi connectivity index (χ1) is 9.34. The molecule has 1 aliphatic heterocycles. The standard InChI is InChI=1S/C15H22N2O2.ClH/c18-15(17-9-7-13-6-8-16-10-13)12-19-11-14-4-2-1-3-5-14;/h1-5,13,16H,6-12H2,(H,17,18);1H. The van der Waals surface area contributed by atoms with Crippen molar-refractivity contribution in [1.82, 2.24) is 10.6 Å². The quantitative estimate of drug-likeness (QED) is 0.806. The van der Waals surface area contributed by atoms with Crippen LogP contribution in [0, 0.1) is 5.92 Å². The van der Waals surface area contributed by atoms with E-state index in [1.807, 2.05) is 30.3 Å². The molecule has 0 bridgehead atoms. The minimum atomic E-state index is -0.0260. The number of benzene rings is 1. The Morgan fingerprint density at radius 1 is 1.35 bits per heavy atom. The van der Waals surface area contributed by atoms with Gasteiger partial charge in [0.25, 0.3) is 0 Å². The van der Waals surface area contributed by atoms with Crippen LogP contribution in [0.5, 0.6) is 0 Å². The van der Waals surface area contributed by atoms with Crippen LogP contribution in [0.2, 0.25) is 0 Å². The van der Waals surface area contributed by atoms with Crippen LogP contribution >= 0.6 is 12.4 Å². The first-order valence-corrected chi connectivity index (χ1v) is 6.93. The fourth-order valence-corrected chi connectivity index (χ4v) is 2.26. The first kappa shape index (κ1) is 17.0. The molecule has 1 fully saturated rings. The summed E-state index contributed by atoms with van der Waals surface area (Å²) in [6.45, 7) is 3.57. The Bertz CT molecular complexity index is 381. The minimum Gasteiger partial charge on any atom is -0.367 e. The predicted molar refractivity (Wildman–Crippen MR) is 81.9 cm³/mol. The average molecular weight is 299 g/mol. The van der Waals surface area contributed by atoms with E-state index in [-0.39, 0.29) is 24.9 Å². The number of ether oxygens (including phenoxy) is 1. The molecule has 0 spiro atoms. The molecular weight excluding hydrogens is 276 g/mol. The highest BCUT2D eigenvalue weighted by Crippen LogP contribution is 2.10. The van der Waals surface area contributed by atoms with Crippen LogP contribution < -0.4 is 10.6 Å². The summed E-state index contributed by atoms with van der Waals surface area (Å²) in [7, 11) is 0. The van der Waals surface area contributed by atoms with Crippen LogP contribution in [0.25, 0.3) is 0 Å². The van der Waals surface area contributed by atoms with Gasteiger partial charge < -0.3 is 15.4 Å². The highest BCUT2D eigenvalue weighted by atomic mass is 35.5. The van der Waals surface area contributed by atoms with Gasteiger partial charge in [-0.2, -0.15) is 0 Å². The predicted octanol–water partition coefficient (Wildman–Crippen LogP) is 1.74. The molecule has 2 N–H and O–H groups in total. The maximum Gasteiger partial charge on any atom is 0.246 e. The third kappa shape index (κ3) is 6.37. The Morgan fingerprint density at radius 2 is 2.15 bits per heavy atom. The molecule has 112 valence electrons. The molecule has 4 nitrogen and oxygen atoms in total. The number of carbonyl (C=O) groups is 1. The number of carbonyl (C=O) groups excluding carboxylic acids is 1. The molecule has 0 radical (unpaired) electrons. The van der Waals surface area contributed by atoms with Gasteiger partial charge in [-0.25, -0.2) is 0 Å². The summed E-state index contributed by atoms with van der Waals surface area (Å²) in [5.41, 5.74) is 1.09. The molecule has 5 heteroatoms. The fourth-order valence-electron chi connectivity index (χ4n) is 2.26. The Kier molecular flexibility index (Phi) is 8.26. The van der Waals surface area contributed by atoms with Crippen LogP contribution in [0.3, 0.4) is 0 Å². The van der Waals surface area contributed by atoms with E-state index in [1.165, 1.54) is 6.42 Å². The third-order valence-electron chi connectivity index (χ3n) is 3.38. The molecule has 1 unspecified atom stereocenters. The van der Waals surface area contributed by atoms with Crippen LogP contribution in [0.4, 0.5) is 0 Å². The van der Waals surface area contributed by atoms with Gasteiger partial charge in [0, 0.05) is 6.54 Å². The molecule has 1 aromatic carbocycles. The van der Waals surface area contributed by atoms with Crippen molar-refractivity contribution in [3.8, 4) is 0 Å². The van der Waals surface area contributed by atoms with Crippen LogP contribution in [0.15, 0.2) is 30.3 Å². The molecule has 1 atom stereocenters. The lowest BCUT2D eigenvalue weighted by atomic mass is 10.1. The number of halogens is 1. The van der Waals surface area contributed by atoms with Gasteiger partial charge in [0.15, 0.2) is 0 Å². The highest BCUT2D eigenvalue weighted by Gasteiger charge is 2.13. The monoisotopic (exact) mass is 298 g/mol. The third-order valence-corrected chi connectivity index (χ3v) is 3.38. The number of nitrogens with one attached hydrogen (secondary N) is 2. The number of amides is 1. The summed E-state index contributed by atoms with van der Waals surface area (Å²) in [5, 5.41) is 6.23. The van der Waals surface area contributed by atoms with E-state index in [9.17, 15) is 4.79 Å². The van der Waals surface area contributed by atoms with Crippen molar-refractivity contribution in [2.24, 2.45) is 5.92 Å². The van der Waals surface area contributed by atoms with E-state index >= 15 is 0 Å². The molecule has 0 saturated carbocycles. The molecule has 1 heterocycles. The molecular formula is C15H23ClN2O2. The summed E-state index contributed by atoms with van der Waals surface area (Å²) < 4.78 is 5.38. The van der Waals surface area contributed by atoms with Gasteiger partial charge in [-0.15, -0.1) is 12.4 Å². The Morgan fingerprint density at radius 3 is 2.85 bits per heavy atom. The molecule has 20 heavy (non-hydrogen) atoms. The SMILES string of the molecule is Cl.O=C(COCc1ccccc1)NCCC1CCNC1. The van der Waals surface area contributed by atoms with Crippen molar-refractivity contribution >= 4 is 18.3 Å². The maximum atomic E-state index is 11.6. The zero-order chi connectivity index (χ0) is 13.3. The molecule has 0 aromatic heterocycles. The summed E-state index contributed by atoms with van der Waals surface area (Å²) >= 11 is 0. The summed E-state index contributed by atoms with van der Waals surface area (Å²) in [4.78, 5) is 11.6. The molecule has 0 aliphatic carbocycles. The lowest BCUT2D eigenvalue weighted by Crippen LogP contribution is -2.29. The van der Waals surface area contributed by atoms with Crippen molar-refractivity contribution in [2.45, 2.75) is 19.4 Å².